The quantitative estimate of drug-likeness (QED) is 0.420. The molecule has 0 bridgehead atoms. The molecule has 0 amide bonds. The molecule has 0 nitrogen and oxygen atoms in total. The first-order valence-corrected chi connectivity index (χ1v) is 3.20. The fraction of sp³-hybridized carbons (Fsp3) is 0.333. The third-order valence-electron chi connectivity index (χ3n) is 1.30. The summed E-state index contributed by atoms with van der Waals surface area (Å²) in [5.74, 6) is -6.04. The number of halogens is 6. The van der Waals surface area contributed by atoms with Crippen molar-refractivity contribution in [3.63, 3.8) is 0 Å². The van der Waals surface area contributed by atoms with Crippen LogP contribution in [0.3, 0.4) is 0 Å². The van der Waals surface area contributed by atoms with Gasteiger partial charge in [-0.3, -0.25) is 0 Å². The molecule has 0 aromatic heterocycles. The minimum atomic E-state index is -3.34. The van der Waals surface area contributed by atoms with E-state index in [9.17, 15) is 22.0 Å². The van der Waals surface area contributed by atoms with E-state index in [4.69, 9.17) is 0 Å². The predicted molar refractivity (Wildman–Crippen MR) is 33.0 cm³/mol. The Kier molecular flexibility index (Phi) is 2.16. The standard InChI is InChI=1S/C6H2ClF5/c7-6(12)1-2(8)3(9)4(10)5(6)11/h1,5H. The van der Waals surface area contributed by atoms with Gasteiger partial charge in [-0.2, -0.15) is 0 Å². The Morgan fingerprint density at radius 1 is 1.33 bits per heavy atom. The van der Waals surface area contributed by atoms with Crippen molar-refractivity contribution in [3.8, 4) is 0 Å². The van der Waals surface area contributed by atoms with Crippen molar-refractivity contribution in [1.29, 1.82) is 0 Å². The molecule has 0 radical (unpaired) electrons. The number of hydrogen-bond acceptors (Lipinski definition) is 0. The van der Waals surface area contributed by atoms with Crippen LogP contribution in [0.25, 0.3) is 0 Å². The zero-order chi connectivity index (χ0) is 9.52. The van der Waals surface area contributed by atoms with Crippen LogP contribution < -0.4 is 0 Å². The second-order valence-corrected chi connectivity index (χ2v) is 2.77. The van der Waals surface area contributed by atoms with Crippen molar-refractivity contribution in [2.45, 2.75) is 11.3 Å². The van der Waals surface area contributed by atoms with Gasteiger partial charge in [-0.25, -0.2) is 22.0 Å². The molecule has 0 heterocycles. The van der Waals surface area contributed by atoms with Crippen LogP contribution in [-0.4, -0.2) is 11.3 Å². The van der Waals surface area contributed by atoms with Gasteiger partial charge in [0.2, 0.25) is 11.3 Å². The van der Waals surface area contributed by atoms with Crippen molar-refractivity contribution in [2.75, 3.05) is 0 Å². The normalized spacial score (nSPS) is 36.8. The van der Waals surface area contributed by atoms with Crippen molar-refractivity contribution in [3.05, 3.63) is 23.6 Å². The molecule has 1 aliphatic carbocycles. The zero-order valence-electron chi connectivity index (χ0n) is 5.42. The molecule has 2 unspecified atom stereocenters. The molecule has 2 atom stereocenters. The van der Waals surface area contributed by atoms with Gasteiger partial charge < -0.3 is 0 Å². The molecule has 0 aromatic rings. The van der Waals surface area contributed by atoms with Gasteiger partial charge in [-0.15, -0.1) is 0 Å². The maximum Gasteiger partial charge on any atom is 0.242 e. The van der Waals surface area contributed by atoms with E-state index < -0.39 is 28.8 Å². The molecular weight excluding hydrogens is 203 g/mol. The minimum Gasteiger partial charge on any atom is -0.234 e. The summed E-state index contributed by atoms with van der Waals surface area (Å²) in [4.78, 5) is 0. The number of alkyl halides is 3. The van der Waals surface area contributed by atoms with Crippen molar-refractivity contribution in [1.82, 2.24) is 0 Å². The van der Waals surface area contributed by atoms with Gasteiger partial charge >= 0.3 is 0 Å². The van der Waals surface area contributed by atoms with E-state index >= 15 is 0 Å². The van der Waals surface area contributed by atoms with Crippen LogP contribution in [0.4, 0.5) is 22.0 Å². The van der Waals surface area contributed by atoms with Crippen LogP contribution in [0.1, 0.15) is 0 Å². The molecule has 68 valence electrons. The second-order valence-electron chi connectivity index (χ2n) is 2.19. The maximum atomic E-state index is 12.6. The molecule has 1 rings (SSSR count). The Morgan fingerprint density at radius 2 is 1.83 bits per heavy atom. The van der Waals surface area contributed by atoms with Crippen LogP contribution in [0.15, 0.2) is 23.6 Å². The zero-order valence-corrected chi connectivity index (χ0v) is 6.18. The molecule has 0 spiro atoms. The number of allylic oxidation sites excluding steroid dienone is 4. The summed E-state index contributed by atoms with van der Waals surface area (Å²) in [6.07, 6.45) is -3.16. The first-order chi connectivity index (χ1) is 5.36. The lowest BCUT2D eigenvalue weighted by Crippen LogP contribution is -2.30. The van der Waals surface area contributed by atoms with E-state index in [-0.39, 0.29) is 6.08 Å². The summed E-state index contributed by atoms with van der Waals surface area (Å²) < 4.78 is 61.6. The Morgan fingerprint density at radius 3 is 2.33 bits per heavy atom. The van der Waals surface area contributed by atoms with Crippen LogP contribution in [0.2, 0.25) is 0 Å². The Labute approximate surface area is 69.3 Å². The lowest BCUT2D eigenvalue weighted by molar-refractivity contribution is 0.161. The SMILES string of the molecule is FC1=CC(F)(Cl)C(F)C(F)=C1F. The van der Waals surface area contributed by atoms with E-state index in [0.29, 0.717) is 0 Å². The van der Waals surface area contributed by atoms with E-state index in [1.54, 1.807) is 0 Å². The number of rotatable bonds is 0. The van der Waals surface area contributed by atoms with Gasteiger partial charge in [0.05, 0.1) is 0 Å². The predicted octanol–water partition coefficient (Wildman–Crippen LogP) is 3.25. The first kappa shape index (κ1) is 9.51. The summed E-state index contributed by atoms with van der Waals surface area (Å²) in [7, 11) is 0. The topological polar surface area (TPSA) is 0 Å². The molecule has 0 saturated heterocycles. The monoisotopic (exact) mass is 204 g/mol. The van der Waals surface area contributed by atoms with Gasteiger partial charge in [0.25, 0.3) is 0 Å². The van der Waals surface area contributed by atoms with E-state index in [1.807, 2.05) is 0 Å². The highest BCUT2D eigenvalue weighted by molar-refractivity contribution is 6.25. The summed E-state index contributed by atoms with van der Waals surface area (Å²) >= 11 is 4.68. The smallest absolute Gasteiger partial charge is 0.234 e. The van der Waals surface area contributed by atoms with Crippen LogP contribution in [-0.2, 0) is 0 Å². The van der Waals surface area contributed by atoms with Crippen LogP contribution in [0, 0.1) is 0 Å². The highest BCUT2D eigenvalue weighted by Gasteiger charge is 2.45. The Hall–Kier alpha value is -0.580. The maximum absolute atomic E-state index is 12.6. The minimum absolute atomic E-state index is 0.155. The molecule has 12 heavy (non-hydrogen) atoms. The van der Waals surface area contributed by atoms with Gasteiger partial charge in [0.1, 0.15) is 0 Å². The molecule has 0 aromatic carbocycles. The summed E-state index contributed by atoms with van der Waals surface area (Å²) in [5.41, 5.74) is 0. The van der Waals surface area contributed by atoms with Gasteiger partial charge in [0.15, 0.2) is 17.5 Å². The van der Waals surface area contributed by atoms with E-state index in [0.717, 1.165) is 0 Å². The average Bonchev–Trinajstić information content (AvgIpc) is 1.97. The number of hydrogen-bond donors (Lipinski definition) is 0. The highest BCUT2D eigenvalue weighted by Crippen LogP contribution is 2.40. The summed E-state index contributed by atoms with van der Waals surface area (Å²) in [6.45, 7) is 0. The Bertz CT molecular complexity index is 267. The largest absolute Gasteiger partial charge is 0.242 e. The molecule has 0 aliphatic heterocycles. The van der Waals surface area contributed by atoms with E-state index in [2.05, 4.69) is 11.6 Å². The third kappa shape index (κ3) is 1.33. The summed E-state index contributed by atoms with van der Waals surface area (Å²) in [6, 6.07) is 0. The molecule has 1 aliphatic rings. The Balaban J connectivity index is 3.15. The summed E-state index contributed by atoms with van der Waals surface area (Å²) in [5, 5.41) is -3.34. The molecule has 0 saturated carbocycles. The van der Waals surface area contributed by atoms with Crippen molar-refractivity contribution in [2.24, 2.45) is 0 Å². The lowest BCUT2D eigenvalue weighted by Gasteiger charge is -2.20. The molecule has 0 fully saturated rings. The van der Waals surface area contributed by atoms with Gasteiger partial charge in [-0.05, 0) is 0 Å². The fourth-order valence-electron chi connectivity index (χ4n) is 0.700. The lowest BCUT2D eigenvalue weighted by atomic mass is 10.1. The molecule has 0 N–H and O–H groups in total. The molecular formula is C6H2ClF5. The van der Waals surface area contributed by atoms with Crippen molar-refractivity contribution >= 4 is 11.6 Å². The van der Waals surface area contributed by atoms with Crippen LogP contribution >= 0.6 is 11.6 Å². The van der Waals surface area contributed by atoms with Crippen molar-refractivity contribution < 1.29 is 22.0 Å². The third-order valence-corrected chi connectivity index (χ3v) is 1.60. The highest BCUT2D eigenvalue weighted by atomic mass is 35.5. The first-order valence-electron chi connectivity index (χ1n) is 2.82. The fourth-order valence-corrected chi connectivity index (χ4v) is 0.891. The average molecular weight is 205 g/mol. The van der Waals surface area contributed by atoms with Gasteiger partial charge in [-0.1, -0.05) is 11.6 Å². The second kappa shape index (κ2) is 2.73. The molecule has 6 heteroatoms. The van der Waals surface area contributed by atoms with Gasteiger partial charge in [0, 0.05) is 6.08 Å². The van der Waals surface area contributed by atoms with Crippen LogP contribution in [0.5, 0.6) is 0 Å². The van der Waals surface area contributed by atoms with E-state index in [1.165, 1.54) is 0 Å².